The number of carboxylic acid groups (broad SMARTS) is 1. The summed E-state index contributed by atoms with van der Waals surface area (Å²) in [7, 11) is 0. The van der Waals surface area contributed by atoms with Crippen molar-refractivity contribution in [2.75, 3.05) is 26.2 Å². The highest BCUT2D eigenvalue weighted by molar-refractivity contribution is 5.87. The average Bonchev–Trinajstić information content (AvgIpc) is 3.03. The fourth-order valence-corrected chi connectivity index (χ4v) is 4.81. The molecular weight excluding hydrogens is 469 g/mol. The molecule has 0 fully saturated rings. The summed E-state index contributed by atoms with van der Waals surface area (Å²) < 4.78 is 44.2. The monoisotopic (exact) mass is 500 g/mol. The lowest BCUT2D eigenvalue weighted by Crippen LogP contribution is -2.28. The zero-order chi connectivity index (χ0) is 25.7. The first-order valence-electron chi connectivity index (χ1n) is 12.2. The normalized spacial score (nSPS) is 21.2. The molecule has 1 aromatic rings. The first kappa shape index (κ1) is 25.9. The molecular formula is C28H31F3N2O3. The van der Waals surface area contributed by atoms with Gasteiger partial charge in [-0.1, -0.05) is 29.9 Å². The zero-order valence-electron chi connectivity index (χ0n) is 20.4. The number of benzene rings is 1. The van der Waals surface area contributed by atoms with Gasteiger partial charge in [-0.15, -0.1) is 0 Å². The van der Waals surface area contributed by atoms with Crippen LogP contribution in [0.2, 0.25) is 0 Å². The SMILES string of the molecule is CC1=C(C2=CCC(C(F)(F)F)C=C2)C=NC=C(CN2CCc3ccc(OCC(=O)O)cc3CC2)CC1. The molecule has 1 aromatic carbocycles. The molecule has 4 rings (SSSR count). The van der Waals surface area contributed by atoms with E-state index in [2.05, 4.69) is 9.89 Å². The minimum Gasteiger partial charge on any atom is -0.482 e. The second-order valence-electron chi connectivity index (χ2n) is 9.55. The number of alkyl halides is 3. The Morgan fingerprint density at radius 1 is 1.17 bits per heavy atom. The van der Waals surface area contributed by atoms with Gasteiger partial charge >= 0.3 is 12.1 Å². The summed E-state index contributed by atoms with van der Waals surface area (Å²) in [6.07, 6.45) is 7.38. The number of allylic oxidation sites excluding steroid dienone is 6. The average molecular weight is 501 g/mol. The van der Waals surface area contributed by atoms with Crippen molar-refractivity contribution in [2.24, 2.45) is 10.9 Å². The Bertz CT molecular complexity index is 1150. The van der Waals surface area contributed by atoms with E-state index in [9.17, 15) is 18.0 Å². The van der Waals surface area contributed by atoms with Crippen LogP contribution in [0, 0.1) is 5.92 Å². The van der Waals surface area contributed by atoms with E-state index in [1.54, 1.807) is 18.4 Å². The Labute approximate surface area is 209 Å². The number of nitrogens with zero attached hydrogens (tertiary/aromatic N) is 2. The van der Waals surface area contributed by atoms with Crippen LogP contribution in [0.3, 0.4) is 0 Å². The minimum atomic E-state index is -4.21. The molecule has 2 aliphatic heterocycles. The van der Waals surface area contributed by atoms with Crippen molar-refractivity contribution in [1.29, 1.82) is 0 Å². The Morgan fingerprint density at radius 3 is 2.64 bits per heavy atom. The molecule has 8 heteroatoms. The summed E-state index contributed by atoms with van der Waals surface area (Å²) in [4.78, 5) is 17.7. The number of aliphatic imine (C=N–C) groups is 1. The van der Waals surface area contributed by atoms with Crippen molar-refractivity contribution in [3.63, 3.8) is 0 Å². The van der Waals surface area contributed by atoms with Crippen LogP contribution in [0.4, 0.5) is 13.2 Å². The van der Waals surface area contributed by atoms with E-state index in [1.165, 1.54) is 22.8 Å². The highest BCUT2D eigenvalue weighted by Gasteiger charge is 2.37. The topological polar surface area (TPSA) is 62.1 Å². The molecule has 1 unspecified atom stereocenters. The van der Waals surface area contributed by atoms with E-state index in [-0.39, 0.29) is 13.0 Å². The van der Waals surface area contributed by atoms with E-state index in [4.69, 9.17) is 9.84 Å². The number of hydrogen-bond donors (Lipinski definition) is 1. The van der Waals surface area contributed by atoms with Gasteiger partial charge in [-0.25, -0.2) is 4.79 Å². The number of rotatable bonds is 6. The molecule has 1 aliphatic carbocycles. The van der Waals surface area contributed by atoms with Crippen LogP contribution < -0.4 is 4.74 Å². The van der Waals surface area contributed by atoms with Gasteiger partial charge in [0.2, 0.25) is 0 Å². The molecule has 5 nitrogen and oxygen atoms in total. The third kappa shape index (κ3) is 6.75. The van der Waals surface area contributed by atoms with Crippen molar-refractivity contribution >= 4 is 12.2 Å². The molecule has 0 radical (unpaired) electrons. The lowest BCUT2D eigenvalue weighted by molar-refractivity contribution is -0.160. The fourth-order valence-electron chi connectivity index (χ4n) is 4.81. The van der Waals surface area contributed by atoms with Crippen LogP contribution in [0.1, 0.15) is 37.3 Å². The maximum Gasteiger partial charge on any atom is 0.395 e. The molecule has 1 N–H and O–H groups in total. The molecule has 0 bridgehead atoms. The maximum atomic E-state index is 13.0. The summed E-state index contributed by atoms with van der Waals surface area (Å²) in [5, 5.41) is 8.83. The first-order valence-corrected chi connectivity index (χ1v) is 12.2. The number of aliphatic carboxylic acids is 1. The number of hydrogen-bond acceptors (Lipinski definition) is 4. The second-order valence-corrected chi connectivity index (χ2v) is 9.55. The van der Waals surface area contributed by atoms with Crippen LogP contribution >= 0.6 is 0 Å². The summed E-state index contributed by atoms with van der Waals surface area (Å²) >= 11 is 0. The molecule has 0 saturated heterocycles. The largest absolute Gasteiger partial charge is 0.482 e. The van der Waals surface area contributed by atoms with Crippen LogP contribution in [-0.4, -0.2) is 54.6 Å². The predicted molar refractivity (Wildman–Crippen MR) is 133 cm³/mol. The van der Waals surface area contributed by atoms with Crippen LogP contribution in [0.5, 0.6) is 5.75 Å². The molecule has 0 amide bonds. The molecule has 0 saturated carbocycles. The highest BCUT2D eigenvalue weighted by atomic mass is 19.4. The number of ether oxygens (including phenoxy) is 1. The first-order chi connectivity index (χ1) is 17.2. The van der Waals surface area contributed by atoms with E-state index < -0.39 is 18.1 Å². The Balaban J connectivity index is 1.36. The van der Waals surface area contributed by atoms with Gasteiger partial charge in [-0.2, -0.15) is 13.2 Å². The summed E-state index contributed by atoms with van der Waals surface area (Å²) in [5.74, 6) is -1.83. The highest BCUT2D eigenvalue weighted by Crippen LogP contribution is 2.35. The lowest BCUT2D eigenvalue weighted by Gasteiger charge is -2.23. The van der Waals surface area contributed by atoms with Crippen molar-refractivity contribution in [3.8, 4) is 5.75 Å². The number of carboxylic acids is 1. The Hall–Kier alpha value is -3.13. The van der Waals surface area contributed by atoms with E-state index in [1.807, 2.05) is 31.3 Å². The zero-order valence-corrected chi connectivity index (χ0v) is 20.4. The summed E-state index contributed by atoms with van der Waals surface area (Å²) in [6, 6.07) is 5.80. The van der Waals surface area contributed by atoms with Gasteiger partial charge in [0.25, 0.3) is 0 Å². The molecule has 36 heavy (non-hydrogen) atoms. The van der Waals surface area contributed by atoms with Gasteiger partial charge < -0.3 is 9.84 Å². The number of fused-ring (bicyclic) bond motifs is 1. The molecule has 0 aromatic heterocycles. The van der Waals surface area contributed by atoms with E-state index in [0.717, 1.165) is 62.0 Å². The van der Waals surface area contributed by atoms with Crippen molar-refractivity contribution < 1.29 is 27.8 Å². The number of halogens is 3. The van der Waals surface area contributed by atoms with Gasteiger partial charge in [0.15, 0.2) is 6.61 Å². The standard InChI is InChI=1S/C28H31F3N2O3/c1-19-2-3-20(15-32-16-26(19)22-4-7-24(8-5-22)28(29,30)31)17-33-12-10-21-6-9-25(36-18-27(34)35)14-23(21)11-13-33/h4-7,9,14-16,24H,2-3,8,10-13,17-18H2,1H3,(H,34,35). The van der Waals surface area contributed by atoms with Gasteiger partial charge in [-0.3, -0.25) is 9.89 Å². The third-order valence-electron chi connectivity index (χ3n) is 6.93. The fraction of sp³-hybridized carbons (Fsp3) is 0.429. The van der Waals surface area contributed by atoms with Crippen LogP contribution in [-0.2, 0) is 17.6 Å². The van der Waals surface area contributed by atoms with Gasteiger partial charge in [0.1, 0.15) is 5.75 Å². The maximum absolute atomic E-state index is 13.0. The van der Waals surface area contributed by atoms with Gasteiger partial charge in [0, 0.05) is 32.0 Å². The lowest BCUT2D eigenvalue weighted by atomic mass is 9.89. The predicted octanol–water partition coefficient (Wildman–Crippen LogP) is 5.68. The quantitative estimate of drug-likeness (QED) is 0.546. The molecule has 2 heterocycles. The van der Waals surface area contributed by atoms with Gasteiger partial charge in [0.05, 0.1) is 5.92 Å². The smallest absolute Gasteiger partial charge is 0.395 e. The van der Waals surface area contributed by atoms with Crippen LogP contribution in [0.25, 0.3) is 0 Å². The number of carbonyl (C=O) groups is 1. The summed E-state index contributed by atoms with van der Waals surface area (Å²) in [6.45, 7) is 4.29. The van der Waals surface area contributed by atoms with Crippen molar-refractivity contribution in [3.05, 3.63) is 76.0 Å². The molecule has 0 spiro atoms. The molecule has 3 aliphatic rings. The van der Waals surface area contributed by atoms with E-state index >= 15 is 0 Å². The third-order valence-corrected chi connectivity index (χ3v) is 6.93. The molecule has 1 atom stereocenters. The van der Waals surface area contributed by atoms with Crippen molar-refractivity contribution in [2.45, 2.75) is 45.2 Å². The summed E-state index contributed by atoms with van der Waals surface area (Å²) in [5.41, 5.74) is 6.53. The van der Waals surface area contributed by atoms with Crippen molar-refractivity contribution in [1.82, 2.24) is 4.90 Å². The van der Waals surface area contributed by atoms with Crippen LogP contribution in [0.15, 0.2) is 69.9 Å². The molecule has 192 valence electrons. The van der Waals surface area contributed by atoms with E-state index in [0.29, 0.717) is 5.75 Å². The Kier molecular flexibility index (Phi) is 8.14. The minimum absolute atomic E-state index is 0.0361. The van der Waals surface area contributed by atoms with Gasteiger partial charge in [-0.05, 0) is 79.0 Å². The Morgan fingerprint density at radius 2 is 1.94 bits per heavy atom. The second kappa shape index (κ2) is 11.3.